The first-order valence-electron chi connectivity index (χ1n) is 4.46. The van der Waals surface area contributed by atoms with Crippen molar-refractivity contribution in [3.63, 3.8) is 0 Å². The van der Waals surface area contributed by atoms with Gasteiger partial charge in [0.2, 0.25) is 0 Å². The third-order valence-corrected chi connectivity index (χ3v) is 2.55. The Hall–Kier alpha value is -1.23. The van der Waals surface area contributed by atoms with Crippen LogP contribution in [0.3, 0.4) is 0 Å². The molecule has 0 aromatic heterocycles. The van der Waals surface area contributed by atoms with Gasteiger partial charge in [0, 0.05) is 5.56 Å². The standard InChI is InChI=1S/C10H9F3O2/c11-10(12,13)6-1-2-8(14)7(5-6)9(15)3-4-9/h1-2,5,14-15H,3-4H2. The molecular formula is C10H9F3O2. The third kappa shape index (κ3) is 1.79. The number of phenolic OH excluding ortho intramolecular Hbond substituents is 1. The van der Waals surface area contributed by atoms with Crippen LogP contribution in [0.1, 0.15) is 24.0 Å². The highest BCUT2D eigenvalue weighted by Gasteiger charge is 2.45. The number of halogens is 3. The molecule has 0 amide bonds. The van der Waals surface area contributed by atoms with Crippen LogP contribution in [-0.2, 0) is 11.8 Å². The first kappa shape index (κ1) is 10.3. The van der Waals surface area contributed by atoms with Crippen LogP contribution < -0.4 is 0 Å². The Kier molecular flexibility index (Phi) is 1.98. The number of rotatable bonds is 1. The lowest BCUT2D eigenvalue weighted by molar-refractivity contribution is -0.137. The Labute approximate surface area is 84.0 Å². The van der Waals surface area contributed by atoms with Gasteiger partial charge in [-0.3, -0.25) is 0 Å². The minimum absolute atomic E-state index is 0.0303. The molecule has 1 aliphatic rings. The molecule has 0 radical (unpaired) electrons. The Morgan fingerprint density at radius 2 is 1.80 bits per heavy atom. The van der Waals surface area contributed by atoms with Gasteiger partial charge in [-0.2, -0.15) is 13.2 Å². The minimum Gasteiger partial charge on any atom is -0.508 e. The third-order valence-electron chi connectivity index (χ3n) is 2.55. The molecule has 15 heavy (non-hydrogen) atoms. The summed E-state index contributed by atoms with van der Waals surface area (Å²) in [7, 11) is 0. The largest absolute Gasteiger partial charge is 0.508 e. The lowest BCUT2D eigenvalue weighted by atomic mass is 10.0. The maximum Gasteiger partial charge on any atom is 0.416 e. The zero-order valence-electron chi connectivity index (χ0n) is 7.67. The summed E-state index contributed by atoms with van der Waals surface area (Å²) in [5, 5.41) is 19.0. The molecule has 0 unspecified atom stereocenters. The summed E-state index contributed by atoms with van der Waals surface area (Å²) in [4.78, 5) is 0. The normalized spacial score (nSPS) is 18.9. The van der Waals surface area contributed by atoms with Crippen molar-refractivity contribution >= 4 is 0 Å². The van der Waals surface area contributed by atoms with E-state index < -0.39 is 17.3 Å². The molecule has 0 spiro atoms. The van der Waals surface area contributed by atoms with E-state index in [-0.39, 0.29) is 11.3 Å². The van der Waals surface area contributed by atoms with Gasteiger partial charge < -0.3 is 10.2 Å². The Balaban J connectivity index is 2.47. The molecule has 1 fully saturated rings. The molecule has 2 rings (SSSR count). The maximum absolute atomic E-state index is 12.3. The van der Waals surface area contributed by atoms with Crippen LogP contribution >= 0.6 is 0 Å². The summed E-state index contributed by atoms with van der Waals surface area (Å²) >= 11 is 0. The first-order valence-corrected chi connectivity index (χ1v) is 4.46. The van der Waals surface area contributed by atoms with E-state index >= 15 is 0 Å². The maximum atomic E-state index is 12.3. The average molecular weight is 218 g/mol. The number of alkyl halides is 3. The van der Waals surface area contributed by atoms with Crippen LogP contribution in [0.5, 0.6) is 5.75 Å². The van der Waals surface area contributed by atoms with Gasteiger partial charge >= 0.3 is 6.18 Å². The lowest BCUT2D eigenvalue weighted by Gasteiger charge is -2.13. The van der Waals surface area contributed by atoms with Gasteiger partial charge in [-0.05, 0) is 31.0 Å². The second-order valence-electron chi connectivity index (χ2n) is 3.76. The SMILES string of the molecule is Oc1ccc(C(F)(F)F)cc1C1(O)CC1. The summed E-state index contributed by atoms with van der Waals surface area (Å²) in [6, 6.07) is 2.57. The molecule has 82 valence electrons. The van der Waals surface area contributed by atoms with Crippen molar-refractivity contribution in [1.82, 2.24) is 0 Å². The van der Waals surface area contributed by atoms with Crippen molar-refractivity contribution in [2.24, 2.45) is 0 Å². The highest BCUT2D eigenvalue weighted by molar-refractivity contribution is 5.43. The number of hydrogen-bond acceptors (Lipinski definition) is 2. The first-order chi connectivity index (χ1) is 6.83. The van der Waals surface area contributed by atoms with Gasteiger partial charge in [-0.1, -0.05) is 0 Å². The van der Waals surface area contributed by atoms with Crippen LogP contribution in [0.15, 0.2) is 18.2 Å². The van der Waals surface area contributed by atoms with E-state index in [1.54, 1.807) is 0 Å². The number of phenols is 1. The molecule has 2 N–H and O–H groups in total. The number of hydrogen-bond donors (Lipinski definition) is 2. The molecule has 5 heteroatoms. The van der Waals surface area contributed by atoms with Gasteiger partial charge in [-0.25, -0.2) is 0 Å². The lowest BCUT2D eigenvalue weighted by Crippen LogP contribution is -2.10. The van der Waals surface area contributed by atoms with Crippen LogP contribution in [0.2, 0.25) is 0 Å². The van der Waals surface area contributed by atoms with Crippen molar-refractivity contribution in [2.45, 2.75) is 24.6 Å². The molecule has 0 atom stereocenters. The van der Waals surface area contributed by atoms with E-state index in [9.17, 15) is 23.4 Å². The van der Waals surface area contributed by atoms with Crippen molar-refractivity contribution in [3.8, 4) is 5.75 Å². The van der Waals surface area contributed by atoms with E-state index in [1.807, 2.05) is 0 Å². The quantitative estimate of drug-likeness (QED) is 0.759. The minimum atomic E-state index is -4.45. The molecule has 0 bridgehead atoms. The average Bonchev–Trinajstić information content (AvgIpc) is 2.83. The highest BCUT2D eigenvalue weighted by Crippen LogP contribution is 2.49. The number of aromatic hydroxyl groups is 1. The topological polar surface area (TPSA) is 40.5 Å². The fraction of sp³-hybridized carbons (Fsp3) is 0.400. The molecular weight excluding hydrogens is 209 g/mol. The van der Waals surface area contributed by atoms with Crippen molar-refractivity contribution < 1.29 is 23.4 Å². The van der Waals surface area contributed by atoms with E-state index in [0.29, 0.717) is 12.8 Å². The summed E-state index contributed by atoms with van der Waals surface area (Å²) in [5.41, 5.74) is -2.14. The van der Waals surface area contributed by atoms with Gasteiger partial charge in [-0.15, -0.1) is 0 Å². The predicted octanol–water partition coefficient (Wildman–Crippen LogP) is 2.39. The summed E-state index contributed by atoms with van der Waals surface area (Å²) < 4.78 is 37.0. The van der Waals surface area contributed by atoms with Crippen molar-refractivity contribution in [1.29, 1.82) is 0 Å². The molecule has 1 aromatic rings. The molecule has 1 saturated carbocycles. The smallest absolute Gasteiger partial charge is 0.416 e. The van der Waals surface area contributed by atoms with Gasteiger partial charge in [0.25, 0.3) is 0 Å². The summed E-state index contributed by atoms with van der Waals surface area (Å²) in [5.74, 6) is -0.289. The number of aliphatic hydroxyl groups is 1. The molecule has 2 nitrogen and oxygen atoms in total. The molecule has 0 heterocycles. The fourth-order valence-electron chi connectivity index (χ4n) is 1.47. The van der Waals surface area contributed by atoms with Gasteiger partial charge in [0.15, 0.2) is 0 Å². The van der Waals surface area contributed by atoms with Crippen LogP contribution in [0.25, 0.3) is 0 Å². The van der Waals surface area contributed by atoms with E-state index in [2.05, 4.69) is 0 Å². The van der Waals surface area contributed by atoms with E-state index in [4.69, 9.17) is 0 Å². The molecule has 1 aliphatic carbocycles. The van der Waals surface area contributed by atoms with Gasteiger partial charge in [0.05, 0.1) is 11.2 Å². The van der Waals surface area contributed by atoms with Crippen molar-refractivity contribution in [2.75, 3.05) is 0 Å². The monoisotopic (exact) mass is 218 g/mol. The molecule has 0 saturated heterocycles. The van der Waals surface area contributed by atoms with Crippen LogP contribution in [-0.4, -0.2) is 10.2 Å². The number of benzene rings is 1. The van der Waals surface area contributed by atoms with Crippen LogP contribution in [0, 0.1) is 0 Å². The zero-order chi connectivity index (χ0) is 11.3. The Bertz CT molecular complexity index is 394. The zero-order valence-corrected chi connectivity index (χ0v) is 7.67. The van der Waals surface area contributed by atoms with E-state index in [0.717, 1.165) is 18.2 Å². The van der Waals surface area contributed by atoms with Gasteiger partial charge in [0.1, 0.15) is 5.75 Å². The van der Waals surface area contributed by atoms with E-state index in [1.165, 1.54) is 0 Å². The summed E-state index contributed by atoms with van der Waals surface area (Å²) in [6.07, 6.45) is -3.67. The Morgan fingerprint density at radius 1 is 1.20 bits per heavy atom. The second kappa shape index (κ2) is 2.88. The fourth-order valence-corrected chi connectivity index (χ4v) is 1.47. The van der Waals surface area contributed by atoms with Crippen LogP contribution in [0.4, 0.5) is 13.2 Å². The second-order valence-corrected chi connectivity index (χ2v) is 3.76. The predicted molar refractivity (Wildman–Crippen MR) is 46.2 cm³/mol. The molecule has 0 aliphatic heterocycles. The highest BCUT2D eigenvalue weighted by atomic mass is 19.4. The Morgan fingerprint density at radius 3 is 2.27 bits per heavy atom. The summed E-state index contributed by atoms with van der Waals surface area (Å²) in [6.45, 7) is 0. The molecule has 1 aromatic carbocycles. The van der Waals surface area contributed by atoms with Crippen molar-refractivity contribution in [3.05, 3.63) is 29.3 Å².